The number of rotatable bonds is 4. The van der Waals surface area contributed by atoms with Gasteiger partial charge in [0.25, 0.3) is 0 Å². The Kier molecular flexibility index (Phi) is 4.00. The minimum atomic E-state index is 0.480. The van der Waals surface area contributed by atoms with Crippen molar-refractivity contribution in [1.82, 2.24) is 0 Å². The fraction of sp³-hybridized carbons (Fsp3) is 0.875. The van der Waals surface area contributed by atoms with Gasteiger partial charge >= 0.3 is 66.0 Å². The monoisotopic (exact) mass is 136 g/mol. The van der Waals surface area contributed by atoms with Crippen LogP contribution in [-0.2, 0) is 0 Å². The van der Waals surface area contributed by atoms with Gasteiger partial charge in [-0.05, 0) is 0 Å². The molecule has 0 bridgehead atoms. The summed E-state index contributed by atoms with van der Waals surface area (Å²) in [6.45, 7) is 9.19. The summed E-state index contributed by atoms with van der Waals surface area (Å²) >= 11 is 0. The van der Waals surface area contributed by atoms with E-state index in [0.717, 1.165) is 12.3 Å². The third-order valence-electron chi connectivity index (χ3n) is 2.77. The molecule has 0 amide bonds. The van der Waals surface area contributed by atoms with Crippen LogP contribution in [-0.4, -0.2) is 20.7 Å². The van der Waals surface area contributed by atoms with Crippen molar-refractivity contribution in [2.75, 3.05) is 0 Å². The summed E-state index contributed by atoms with van der Waals surface area (Å²) in [5.41, 5.74) is 0. The summed E-state index contributed by atoms with van der Waals surface area (Å²) < 4.78 is 0. The maximum atomic E-state index is 3.75. The Morgan fingerprint density at radius 1 is 1.60 bits per heavy atom. The van der Waals surface area contributed by atoms with Crippen molar-refractivity contribution in [1.29, 1.82) is 0 Å². The van der Waals surface area contributed by atoms with Crippen LogP contribution in [0.1, 0.15) is 27.2 Å². The first-order valence-corrected chi connectivity index (χ1v) is 4.15. The van der Waals surface area contributed by atoms with Crippen molar-refractivity contribution in [3.8, 4) is 0 Å². The van der Waals surface area contributed by atoms with Crippen molar-refractivity contribution in [2.24, 2.45) is 5.92 Å². The molecule has 0 aromatic carbocycles. The van der Waals surface area contributed by atoms with Gasteiger partial charge in [0.2, 0.25) is 0 Å². The van der Waals surface area contributed by atoms with Gasteiger partial charge in [0, 0.05) is 0 Å². The molecule has 0 rings (SSSR count). The van der Waals surface area contributed by atoms with Crippen LogP contribution < -0.4 is 0 Å². The van der Waals surface area contributed by atoms with Crippen LogP contribution >= 0.6 is 0 Å². The summed E-state index contributed by atoms with van der Waals surface area (Å²) in [5, 5.41) is 0.480. The van der Waals surface area contributed by atoms with Gasteiger partial charge in [0.05, 0.1) is 0 Å². The minimum absolute atomic E-state index is 0.480. The third-order valence-corrected chi connectivity index (χ3v) is 2.77. The third kappa shape index (κ3) is 2.72. The summed E-state index contributed by atoms with van der Waals surface area (Å²) in [4.78, 5) is 0. The van der Waals surface area contributed by atoms with E-state index >= 15 is 0 Å². The van der Waals surface area contributed by atoms with Gasteiger partial charge in [-0.1, -0.05) is 0 Å². The molecule has 0 aromatic rings. The van der Waals surface area contributed by atoms with Gasteiger partial charge < -0.3 is 0 Å². The Balaban J connectivity index is 3.89. The van der Waals surface area contributed by atoms with Crippen LogP contribution in [0.5, 0.6) is 0 Å². The van der Waals surface area contributed by atoms with E-state index in [0.29, 0.717) is 5.31 Å². The van der Waals surface area contributed by atoms with E-state index in [2.05, 4.69) is 35.1 Å². The first-order valence-electron chi connectivity index (χ1n) is 4.15. The quantitative estimate of drug-likeness (QED) is 0.512. The first kappa shape index (κ1) is 10.00. The van der Waals surface area contributed by atoms with Crippen LogP contribution in [0, 0.1) is 5.92 Å². The molecule has 56 valence electrons. The molecule has 0 spiro atoms. The second-order valence-corrected chi connectivity index (χ2v) is 3.77. The summed E-state index contributed by atoms with van der Waals surface area (Å²) in [6, 6.07) is 0. The van der Waals surface area contributed by atoms with Crippen molar-refractivity contribution in [3.63, 3.8) is 0 Å². The topological polar surface area (TPSA) is 0 Å². The molecule has 0 aromatic heterocycles. The standard InChI is InChI=1S/C8H18B2/c1-7(5-6-9)8(2,3)10-4/h6-7,9-10H,5H2,1-4H3. The Morgan fingerprint density at radius 2 is 2.10 bits per heavy atom. The van der Waals surface area contributed by atoms with E-state index < -0.39 is 0 Å². The average Bonchev–Trinajstić information content (AvgIpc) is 1.89. The summed E-state index contributed by atoms with van der Waals surface area (Å²) in [5.74, 6) is 2.78. The van der Waals surface area contributed by atoms with E-state index in [1.54, 1.807) is 0 Å². The molecule has 0 aliphatic carbocycles. The molecular weight excluding hydrogens is 118 g/mol. The molecule has 0 aliphatic rings. The molecule has 0 N–H and O–H groups in total. The first-order chi connectivity index (χ1) is 4.54. The SMILES string of the molecule is B=CCC(C)C(C)(C)BC. The van der Waals surface area contributed by atoms with Crippen LogP contribution in [0.3, 0.4) is 0 Å². The fourth-order valence-corrected chi connectivity index (χ4v) is 0.917. The predicted octanol–water partition coefficient (Wildman–Crippen LogP) is 1.40. The maximum absolute atomic E-state index is 3.75. The van der Waals surface area contributed by atoms with Crippen LogP contribution in [0.2, 0.25) is 12.1 Å². The molecule has 0 fully saturated rings. The second kappa shape index (κ2) is 4.00. The predicted molar refractivity (Wildman–Crippen MR) is 54.0 cm³/mol. The van der Waals surface area contributed by atoms with Crippen LogP contribution in [0.15, 0.2) is 0 Å². The summed E-state index contributed by atoms with van der Waals surface area (Å²) in [7, 11) is 5.00. The van der Waals surface area contributed by atoms with E-state index in [4.69, 9.17) is 0 Å². The second-order valence-electron chi connectivity index (χ2n) is 3.77. The Morgan fingerprint density at radius 3 is 2.40 bits per heavy atom. The van der Waals surface area contributed by atoms with E-state index in [1.165, 1.54) is 7.28 Å². The molecule has 0 radical (unpaired) electrons. The van der Waals surface area contributed by atoms with Crippen LogP contribution in [0.25, 0.3) is 0 Å². The Labute approximate surface area is 66.7 Å². The molecule has 1 atom stereocenters. The average molecular weight is 136 g/mol. The van der Waals surface area contributed by atoms with Gasteiger partial charge in [-0.25, -0.2) is 0 Å². The molecule has 0 saturated carbocycles. The molecule has 1 unspecified atom stereocenters. The van der Waals surface area contributed by atoms with Gasteiger partial charge in [-0.15, -0.1) is 0 Å². The molecule has 0 nitrogen and oxygen atoms in total. The Bertz CT molecular complexity index is 108. The van der Waals surface area contributed by atoms with E-state index in [1.807, 2.05) is 5.97 Å². The van der Waals surface area contributed by atoms with Gasteiger partial charge in [-0.3, -0.25) is 0 Å². The fourth-order valence-electron chi connectivity index (χ4n) is 0.917. The molecule has 10 heavy (non-hydrogen) atoms. The van der Waals surface area contributed by atoms with Crippen molar-refractivity contribution < 1.29 is 0 Å². The van der Waals surface area contributed by atoms with Crippen molar-refractivity contribution >= 4 is 20.7 Å². The number of hydrogen-bond acceptors (Lipinski definition) is 0. The van der Waals surface area contributed by atoms with E-state index in [-0.39, 0.29) is 0 Å². The van der Waals surface area contributed by atoms with Crippen molar-refractivity contribution in [3.05, 3.63) is 0 Å². The molecule has 2 heteroatoms. The van der Waals surface area contributed by atoms with Gasteiger partial charge in [0.1, 0.15) is 0 Å². The summed E-state index contributed by atoms with van der Waals surface area (Å²) in [6.07, 6.45) is 1.14. The zero-order valence-corrected chi connectivity index (χ0v) is 7.78. The molecule has 0 aliphatic heterocycles. The normalized spacial score (nSPS) is 14.3. The van der Waals surface area contributed by atoms with Gasteiger partial charge in [0.15, 0.2) is 0 Å². The van der Waals surface area contributed by atoms with Gasteiger partial charge in [-0.2, -0.15) is 0 Å². The van der Waals surface area contributed by atoms with E-state index in [9.17, 15) is 0 Å². The van der Waals surface area contributed by atoms with Crippen molar-refractivity contribution in [2.45, 2.75) is 39.3 Å². The van der Waals surface area contributed by atoms with Crippen LogP contribution in [0.4, 0.5) is 0 Å². The number of hydrogen-bond donors (Lipinski definition) is 0. The molecular formula is C8H18B2. The Hall–Kier alpha value is -0.000130. The zero-order chi connectivity index (χ0) is 8.20. The molecule has 0 saturated heterocycles. The zero-order valence-electron chi connectivity index (χ0n) is 7.78. The molecule has 0 heterocycles.